The van der Waals surface area contributed by atoms with Gasteiger partial charge in [-0.05, 0) is 32.1 Å². The highest BCUT2D eigenvalue weighted by atomic mass is 16.5. The number of amides is 2. The Morgan fingerprint density at radius 2 is 1.96 bits per heavy atom. The lowest BCUT2D eigenvalue weighted by Gasteiger charge is -2.50. The molecule has 7 heteroatoms. The van der Waals surface area contributed by atoms with Crippen molar-refractivity contribution in [2.75, 3.05) is 60.2 Å². The first kappa shape index (κ1) is 19.6. The standard InChI is InChI=1S/C19H32N2O5/c1-20(2)17(22)12-25-14-19-7-3-9-26-16(19)4-8-21(13-19)18(23)15-5-10-24-11-6-15/h15-16H,3-14H2,1-2H3/t16-,19+/m0/s1. The van der Waals surface area contributed by atoms with E-state index >= 15 is 0 Å². The van der Waals surface area contributed by atoms with Crippen LogP contribution < -0.4 is 0 Å². The van der Waals surface area contributed by atoms with Crippen LogP contribution >= 0.6 is 0 Å². The van der Waals surface area contributed by atoms with E-state index in [9.17, 15) is 9.59 Å². The Hall–Kier alpha value is -1.18. The molecule has 0 aromatic carbocycles. The summed E-state index contributed by atoms with van der Waals surface area (Å²) in [5.41, 5.74) is -0.191. The van der Waals surface area contributed by atoms with Gasteiger partial charge in [-0.2, -0.15) is 0 Å². The predicted octanol–water partition coefficient (Wildman–Crippen LogP) is 0.916. The van der Waals surface area contributed by atoms with Gasteiger partial charge in [0.1, 0.15) is 6.61 Å². The van der Waals surface area contributed by atoms with Gasteiger partial charge in [0.2, 0.25) is 11.8 Å². The minimum Gasteiger partial charge on any atom is -0.381 e. The number of fused-ring (bicyclic) bond motifs is 1. The molecule has 0 unspecified atom stereocenters. The largest absolute Gasteiger partial charge is 0.381 e. The molecule has 3 aliphatic rings. The van der Waals surface area contributed by atoms with Gasteiger partial charge in [0.25, 0.3) is 0 Å². The summed E-state index contributed by atoms with van der Waals surface area (Å²) < 4.78 is 17.2. The summed E-state index contributed by atoms with van der Waals surface area (Å²) >= 11 is 0. The quantitative estimate of drug-likeness (QED) is 0.722. The van der Waals surface area contributed by atoms with E-state index in [2.05, 4.69) is 0 Å². The Morgan fingerprint density at radius 3 is 2.69 bits per heavy atom. The van der Waals surface area contributed by atoms with Crippen LogP contribution in [0.3, 0.4) is 0 Å². The molecule has 0 aromatic rings. The van der Waals surface area contributed by atoms with E-state index in [-0.39, 0.29) is 35.9 Å². The number of carbonyl (C=O) groups excluding carboxylic acids is 2. The van der Waals surface area contributed by atoms with Crippen molar-refractivity contribution in [3.63, 3.8) is 0 Å². The Labute approximate surface area is 155 Å². The molecule has 3 saturated heterocycles. The lowest BCUT2D eigenvalue weighted by Crippen LogP contribution is -2.59. The fourth-order valence-corrected chi connectivity index (χ4v) is 4.36. The van der Waals surface area contributed by atoms with Crippen molar-refractivity contribution in [3.8, 4) is 0 Å². The summed E-state index contributed by atoms with van der Waals surface area (Å²) in [6.07, 6.45) is 4.54. The maximum atomic E-state index is 13.0. The van der Waals surface area contributed by atoms with Crippen molar-refractivity contribution in [3.05, 3.63) is 0 Å². The van der Waals surface area contributed by atoms with Gasteiger partial charge in [-0.1, -0.05) is 0 Å². The molecular weight excluding hydrogens is 336 g/mol. The minimum atomic E-state index is -0.191. The highest BCUT2D eigenvalue weighted by molar-refractivity contribution is 5.79. The molecule has 0 N–H and O–H groups in total. The predicted molar refractivity (Wildman–Crippen MR) is 95.7 cm³/mol. The molecule has 0 spiro atoms. The third kappa shape index (κ3) is 4.38. The fraction of sp³-hybridized carbons (Fsp3) is 0.895. The van der Waals surface area contributed by atoms with E-state index in [1.165, 1.54) is 4.90 Å². The summed E-state index contributed by atoms with van der Waals surface area (Å²) in [5.74, 6) is 0.291. The maximum absolute atomic E-state index is 13.0. The highest BCUT2D eigenvalue weighted by Crippen LogP contribution is 2.41. The molecule has 0 saturated carbocycles. The average molecular weight is 368 g/mol. The van der Waals surface area contributed by atoms with Crippen molar-refractivity contribution in [1.29, 1.82) is 0 Å². The maximum Gasteiger partial charge on any atom is 0.248 e. The number of ether oxygens (including phenoxy) is 3. The van der Waals surface area contributed by atoms with Crippen LogP contribution in [0.15, 0.2) is 0 Å². The third-order valence-electron chi connectivity index (χ3n) is 5.98. The number of likely N-dealkylation sites (N-methyl/N-ethyl adjacent to an activating group) is 1. The van der Waals surface area contributed by atoms with Gasteiger partial charge >= 0.3 is 0 Å². The van der Waals surface area contributed by atoms with Gasteiger partial charge in [0.15, 0.2) is 0 Å². The molecule has 3 rings (SSSR count). The molecular formula is C19H32N2O5. The lowest BCUT2D eigenvalue weighted by atomic mass is 9.72. The van der Waals surface area contributed by atoms with Gasteiger partial charge in [0.05, 0.1) is 12.7 Å². The fourth-order valence-electron chi connectivity index (χ4n) is 4.36. The molecule has 3 heterocycles. The molecule has 26 heavy (non-hydrogen) atoms. The number of rotatable bonds is 5. The van der Waals surface area contributed by atoms with E-state index < -0.39 is 0 Å². The van der Waals surface area contributed by atoms with E-state index in [0.29, 0.717) is 26.4 Å². The zero-order valence-corrected chi connectivity index (χ0v) is 16.1. The molecule has 7 nitrogen and oxygen atoms in total. The van der Waals surface area contributed by atoms with Crippen LogP contribution in [0.1, 0.15) is 32.1 Å². The molecule has 2 atom stereocenters. The van der Waals surface area contributed by atoms with Crippen molar-refractivity contribution in [2.45, 2.75) is 38.2 Å². The zero-order valence-electron chi connectivity index (χ0n) is 16.1. The van der Waals surface area contributed by atoms with Crippen molar-refractivity contribution >= 4 is 11.8 Å². The van der Waals surface area contributed by atoms with Crippen molar-refractivity contribution < 1.29 is 23.8 Å². The lowest BCUT2D eigenvalue weighted by molar-refractivity contribution is -0.171. The Bertz CT molecular complexity index is 506. The third-order valence-corrected chi connectivity index (χ3v) is 5.98. The van der Waals surface area contributed by atoms with Crippen LogP contribution in [0.25, 0.3) is 0 Å². The zero-order chi connectivity index (χ0) is 18.6. The molecule has 0 radical (unpaired) electrons. The second-order valence-electron chi connectivity index (χ2n) is 8.04. The van der Waals surface area contributed by atoms with E-state index in [4.69, 9.17) is 14.2 Å². The van der Waals surface area contributed by atoms with Crippen LogP contribution in [0, 0.1) is 11.3 Å². The second kappa shape index (κ2) is 8.67. The first-order valence-electron chi connectivity index (χ1n) is 9.78. The SMILES string of the molecule is CN(C)C(=O)COC[C@]12CCCO[C@H]1CCN(C(=O)C1CCOCC1)C2. The Balaban J connectivity index is 1.63. The number of hydrogen-bond donors (Lipinski definition) is 0. The van der Waals surface area contributed by atoms with Crippen LogP contribution in [0.2, 0.25) is 0 Å². The first-order chi connectivity index (χ1) is 12.5. The molecule has 148 valence electrons. The molecule has 2 amide bonds. The second-order valence-corrected chi connectivity index (χ2v) is 8.04. The summed E-state index contributed by atoms with van der Waals surface area (Å²) in [7, 11) is 3.46. The van der Waals surface area contributed by atoms with Crippen molar-refractivity contribution in [1.82, 2.24) is 9.80 Å². The average Bonchev–Trinajstić information content (AvgIpc) is 2.67. The van der Waals surface area contributed by atoms with E-state index in [1.54, 1.807) is 14.1 Å². The van der Waals surface area contributed by atoms with E-state index in [0.717, 1.165) is 45.3 Å². The smallest absolute Gasteiger partial charge is 0.248 e. The molecule has 0 aromatic heterocycles. The molecule has 0 aliphatic carbocycles. The molecule has 3 aliphatic heterocycles. The van der Waals surface area contributed by atoms with E-state index in [1.807, 2.05) is 4.90 Å². The first-order valence-corrected chi connectivity index (χ1v) is 9.78. The summed E-state index contributed by atoms with van der Waals surface area (Å²) in [5, 5.41) is 0. The van der Waals surface area contributed by atoms with Crippen LogP contribution in [-0.4, -0.2) is 87.9 Å². The summed E-state index contributed by atoms with van der Waals surface area (Å²) in [4.78, 5) is 28.3. The van der Waals surface area contributed by atoms with Crippen LogP contribution in [-0.2, 0) is 23.8 Å². The van der Waals surface area contributed by atoms with Gasteiger partial charge in [-0.15, -0.1) is 0 Å². The number of piperidine rings is 1. The van der Waals surface area contributed by atoms with Gasteiger partial charge in [-0.3, -0.25) is 9.59 Å². The van der Waals surface area contributed by atoms with Crippen molar-refractivity contribution in [2.24, 2.45) is 11.3 Å². The highest BCUT2D eigenvalue weighted by Gasteiger charge is 2.48. The summed E-state index contributed by atoms with van der Waals surface area (Å²) in [6, 6.07) is 0. The number of nitrogens with zero attached hydrogens (tertiary/aromatic N) is 2. The monoisotopic (exact) mass is 368 g/mol. The topological polar surface area (TPSA) is 68.3 Å². The molecule has 3 fully saturated rings. The van der Waals surface area contributed by atoms with Gasteiger partial charge in [-0.25, -0.2) is 0 Å². The normalized spacial score (nSPS) is 29.9. The van der Waals surface area contributed by atoms with Gasteiger partial charge in [0, 0.05) is 58.3 Å². The number of likely N-dealkylation sites (tertiary alicyclic amines) is 1. The number of hydrogen-bond acceptors (Lipinski definition) is 5. The Morgan fingerprint density at radius 1 is 1.19 bits per heavy atom. The number of carbonyl (C=O) groups is 2. The van der Waals surface area contributed by atoms with Gasteiger partial charge < -0.3 is 24.0 Å². The Kier molecular flexibility index (Phi) is 6.53. The van der Waals surface area contributed by atoms with Crippen LogP contribution in [0.4, 0.5) is 0 Å². The minimum absolute atomic E-state index is 0.0411. The summed E-state index contributed by atoms with van der Waals surface area (Å²) in [6.45, 7) is 4.10. The van der Waals surface area contributed by atoms with Crippen LogP contribution in [0.5, 0.6) is 0 Å². The molecule has 0 bridgehead atoms.